The Labute approximate surface area is 211 Å². The maximum Gasteiger partial charge on any atom is 0.412 e. The van der Waals surface area contributed by atoms with Gasteiger partial charge in [0.2, 0.25) is 11.8 Å². The summed E-state index contributed by atoms with van der Waals surface area (Å²) >= 11 is 1.46. The van der Waals surface area contributed by atoms with E-state index in [0.29, 0.717) is 36.8 Å². The van der Waals surface area contributed by atoms with Crippen LogP contribution in [0.1, 0.15) is 50.3 Å². The summed E-state index contributed by atoms with van der Waals surface area (Å²) in [4.78, 5) is 44.8. The van der Waals surface area contributed by atoms with E-state index >= 15 is 0 Å². The van der Waals surface area contributed by atoms with Crippen LogP contribution >= 0.6 is 11.3 Å². The van der Waals surface area contributed by atoms with Crippen molar-refractivity contribution in [3.05, 3.63) is 40.4 Å². The molecule has 0 unspecified atom stereocenters. The molecule has 0 saturated carbocycles. The van der Waals surface area contributed by atoms with Crippen LogP contribution in [0.25, 0.3) is 0 Å². The van der Waals surface area contributed by atoms with Gasteiger partial charge in [-0.1, -0.05) is 12.1 Å². The minimum atomic E-state index is -0.554. The maximum atomic E-state index is 11.9. The number of benzene rings is 1. The normalized spacial score (nSPS) is 11.3. The number of anilines is 2. The Hall–Kier alpha value is -2.98. The van der Waals surface area contributed by atoms with Crippen molar-refractivity contribution < 1.29 is 19.1 Å². The molecule has 1 aromatic heterocycles. The van der Waals surface area contributed by atoms with E-state index in [1.165, 1.54) is 18.3 Å². The number of hydrogen-bond donors (Lipinski definition) is 2. The molecule has 0 fully saturated rings. The highest BCUT2D eigenvalue weighted by molar-refractivity contribution is 7.15. The highest BCUT2D eigenvalue weighted by atomic mass is 32.1. The first-order chi connectivity index (χ1) is 16.3. The van der Waals surface area contributed by atoms with Gasteiger partial charge in [0.15, 0.2) is 5.13 Å². The van der Waals surface area contributed by atoms with Crippen molar-refractivity contribution in [2.45, 2.75) is 59.1 Å². The summed E-state index contributed by atoms with van der Waals surface area (Å²) in [6, 6.07) is 7.62. The van der Waals surface area contributed by atoms with Crippen molar-refractivity contribution in [1.82, 2.24) is 14.8 Å². The van der Waals surface area contributed by atoms with E-state index in [1.54, 1.807) is 19.0 Å². The van der Waals surface area contributed by atoms with Gasteiger partial charge in [0, 0.05) is 51.1 Å². The first-order valence-corrected chi connectivity index (χ1v) is 12.4. The van der Waals surface area contributed by atoms with Gasteiger partial charge in [-0.3, -0.25) is 14.9 Å². The lowest BCUT2D eigenvalue weighted by atomic mass is 10.1. The summed E-state index contributed by atoms with van der Waals surface area (Å²) in [5.74, 6) is -0.0696. The topological polar surface area (TPSA) is 104 Å². The van der Waals surface area contributed by atoms with Crippen LogP contribution in [-0.2, 0) is 33.7 Å². The number of aryl methyl sites for hydroxylation is 2. The van der Waals surface area contributed by atoms with Crippen molar-refractivity contribution in [3.63, 3.8) is 0 Å². The first kappa shape index (κ1) is 28.3. The second-order valence-electron chi connectivity index (χ2n) is 9.67. The summed E-state index contributed by atoms with van der Waals surface area (Å²) in [6.07, 6.45) is 1.42. The molecular weight excluding hydrogens is 466 g/mol. The summed E-state index contributed by atoms with van der Waals surface area (Å²) in [5.41, 5.74) is 2.14. The van der Waals surface area contributed by atoms with E-state index < -0.39 is 11.7 Å². The van der Waals surface area contributed by atoms with Gasteiger partial charge in [-0.2, -0.15) is 0 Å². The van der Waals surface area contributed by atoms with Crippen LogP contribution in [0, 0.1) is 0 Å². The van der Waals surface area contributed by atoms with E-state index in [0.717, 1.165) is 22.6 Å². The van der Waals surface area contributed by atoms with E-state index in [1.807, 2.05) is 52.1 Å². The summed E-state index contributed by atoms with van der Waals surface area (Å²) in [7, 11) is 5.48. The van der Waals surface area contributed by atoms with Crippen LogP contribution in [0.2, 0.25) is 0 Å². The number of rotatable bonds is 10. The Kier molecular flexibility index (Phi) is 10.2. The van der Waals surface area contributed by atoms with Gasteiger partial charge in [-0.05, 0) is 58.4 Å². The molecule has 1 aromatic carbocycles. The Morgan fingerprint density at radius 3 is 2.26 bits per heavy atom. The van der Waals surface area contributed by atoms with Gasteiger partial charge in [0.1, 0.15) is 5.60 Å². The number of carbonyl (C=O) groups excluding carboxylic acids is 3. The Bertz CT molecular complexity index is 1010. The number of thiazole rings is 1. The number of carbonyl (C=O) groups is 3. The van der Waals surface area contributed by atoms with Gasteiger partial charge in [0.25, 0.3) is 0 Å². The van der Waals surface area contributed by atoms with Crippen molar-refractivity contribution in [2.24, 2.45) is 0 Å². The molecule has 10 heteroatoms. The van der Waals surface area contributed by atoms with Crippen LogP contribution in [0.3, 0.4) is 0 Å². The van der Waals surface area contributed by atoms with Crippen LogP contribution in [-0.4, -0.2) is 66.0 Å². The molecule has 35 heavy (non-hydrogen) atoms. The SMILES string of the molecule is CC(=O)Nc1nc(CCc2ccc(NC(=O)OC(C)(C)C)cc2)c(CN(C)CCC(=O)N(C)C)s1. The van der Waals surface area contributed by atoms with Crippen LogP contribution in [0.4, 0.5) is 15.6 Å². The zero-order chi connectivity index (χ0) is 26.2. The molecule has 1 heterocycles. The molecule has 192 valence electrons. The lowest BCUT2D eigenvalue weighted by molar-refractivity contribution is -0.129. The standard InChI is InChI=1S/C25H37N5O4S/c1-17(31)26-23-28-20(21(35-23)16-30(7)15-14-22(32)29(5)6)13-10-18-8-11-19(12-9-18)27-24(33)34-25(2,3)4/h8-9,11-12H,10,13-16H2,1-7H3,(H,27,33)(H,26,28,31). The average Bonchev–Trinajstić information content (AvgIpc) is 3.10. The smallest absolute Gasteiger partial charge is 0.412 e. The summed E-state index contributed by atoms with van der Waals surface area (Å²) in [5, 5.41) is 6.10. The molecule has 0 bridgehead atoms. The molecule has 0 saturated heterocycles. The minimum absolute atomic E-state index is 0.0879. The highest BCUT2D eigenvalue weighted by Gasteiger charge is 2.17. The second-order valence-corrected chi connectivity index (χ2v) is 10.8. The molecule has 0 radical (unpaired) electrons. The number of nitrogens with zero attached hydrogens (tertiary/aromatic N) is 3. The third-order valence-corrected chi connectivity index (χ3v) is 5.93. The molecule has 0 spiro atoms. The fourth-order valence-electron chi connectivity index (χ4n) is 3.18. The molecule has 0 atom stereocenters. The van der Waals surface area contributed by atoms with E-state index in [-0.39, 0.29) is 11.8 Å². The predicted octanol–water partition coefficient (Wildman–Crippen LogP) is 4.14. The van der Waals surface area contributed by atoms with Crippen molar-refractivity contribution in [3.8, 4) is 0 Å². The van der Waals surface area contributed by atoms with E-state index in [9.17, 15) is 14.4 Å². The van der Waals surface area contributed by atoms with Crippen molar-refractivity contribution >= 4 is 40.1 Å². The third kappa shape index (κ3) is 10.4. The van der Waals surface area contributed by atoms with Crippen molar-refractivity contribution in [1.29, 1.82) is 0 Å². The molecule has 2 rings (SSSR count). The first-order valence-electron chi connectivity index (χ1n) is 11.6. The average molecular weight is 504 g/mol. The lowest BCUT2D eigenvalue weighted by Gasteiger charge is -2.19. The molecule has 2 N–H and O–H groups in total. The molecule has 9 nitrogen and oxygen atoms in total. The zero-order valence-corrected chi connectivity index (χ0v) is 22.5. The Balaban J connectivity index is 2.01. The van der Waals surface area contributed by atoms with Crippen LogP contribution in [0.15, 0.2) is 24.3 Å². The number of hydrogen-bond acceptors (Lipinski definition) is 7. The summed E-state index contributed by atoms with van der Waals surface area (Å²) < 4.78 is 5.28. The van der Waals surface area contributed by atoms with Crippen LogP contribution in [0.5, 0.6) is 0 Å². The second kappa shape index (κ2) is 12.6. The van der Waals surface area contributed by atoms with Gasteiger partial charge < -0.3 is 19.9 Å². The van der Waals surface area contributed by atoms with E-state index in [2.05, 4.69) is 20.5 Å². The molecule has 3 amide bonds. The number of aromatic nitrogens is 1. The quantitative estimate of drug-likeness (QED) is 0.505. The Morgan fingerprint density at radius 1 is 1.03 bits per heavy atom. The van der Waals surface area contributed by atoms with Gasteiger partial charge >= 0.3 is 6.09 Å². The maximum absolute atomic E-state index is 11.9. The van der Waals surface area contributed by atoms with E-state index in [4.69, 9.17) is 4.74 Å². The highest BCUT2D eigenvalue weighted by Crippen LogP contribution is 2.26. The van der Waals surface area contributed by atoms with Gasteiger partial charge in [-0.25, -0.2) is 9.78 Å². The molecule has 0 aliphatic heterocycles. The predicted molar refractivity (Wildman–Crippen MR) is 140 cm³/mol. The molecular formula is C25H37N5O4S. The van der Waals surface area contributed by atoms with Crippen LogP contribution < -0.4 is 10.6 Å². The number of ether oxygens (including phenoxy) is 1. The number of amides is 3. The van der Waals surface area contributed by atoms with Gasteiger partial charge in [-0.15, -0.1) is 11.3 Å². The monoisotopic (exact) mass is 503 g/mol. The Morgan fingerprint density at radius 2 is 1.69 bits per heavy atom. The lowest BCUT2D eigenvalue weighted by Crippen LogP contribution is -2.27. The molecule has 0 aliphatic rings. The van der Waals surface area contributed by atoms with Gasteiger partial charge in [0.05, 0.1) is 5.69 Å². The fourth-order valence-corrected chi connectivity index (χ4v) is 4.31. The third-order valence-electron chi connectivity index (χ3n) is 4.93. The number of nitrogens with one attached hydrogen (secondary N) is 2. The summed E-state index contributed by atoms with van der Waals surface area (Å²) in [6.45, 7) is 8.21. The zero-order valence-electron chi connectivity index (χ0n) is 21.7. The van der Waals surface area contributed by atoms with Crippen molar-refractivity contribution in [2.75, 3.05) is 38.3 Å². The molecule has 2 aromatic rings. The largest absolute Gasteiger partial charge is 0.444 e. The fraction of sp³-hybridized carbons (Fsp3) is 0.520. The minimum Gasteiger partial charge on any atom is -0.444 e. The molecule has 0 aliphatic carbocycles.